The van der Waals surface area contributed by atoms with Crippen LogP contribution in [0.2, 0.25) is 0 Å². The van der Waals surface area contributed by atoms with E-state index in [0.717, 1.165) is 25.3 Å². The monoisotopic (exact) mass is 415 g/mol. The lowest BCUT2D eigenvalue weighted by atomic mass is 10.2. The Kier molecular flexibility index (Phi) is 7.42. The number of nitrogens with one attached hydrogen (secondary N) is 2. The fourth-order valence-electron chi connectivity index (χ4n) is 3.48. The number of urea groups is 1. The van der Waals surface area contributed by atoms with Crippen LogP contribution in [0.5, 0.6) is 0 Å². The largest absolute Gasteiger partial charge is 0.461 e. The third-order valence-corrected chi connectivity index (χ3v) is 4.65. The minimum Gasteiger partial charge on any atom is -0.461 e. The van der Waals surface area contributed by atoms with E-state index in [-0.39, 0.29) is 23.9 Å². The van der Waals surface area contributed by atoms with E-state index in [1.807, 2.05) is 12.1 Å². The number of benzene rings is 1. The molecule has 1 aliphatic heterocycles. The Balaban J connectivity index is 1.51. The predicted molar refractivity (Wildman–Crippen MR) is 113 cm³/mol. The SMILES string of the molecule is CCOC(=O)c1ccn(-c2cccc(NC(=O)NCCN3CC(C)OC(C)C3)c2)n1. The van der Waals surface area contributed by atoms with Crippen LogP contribution in [0.1, 0.15) is 31.3 Å². The summed E-state index contributed by atoms with van der Waals surface area (Å²) in [6.07, 6.45) is 2.09. The Morgan fingerprint density at radius 1 is 1.23 bits per heavy atom. The van der Waals surface area contributed by atoms with Gasteiger partial charge in [-0.1, -0.05) is 6.07 Å². The number of esters is 1. The fourth-order valence-corrected chi connectivity index (χ4v) is 3.48. The highest BCUT2D eigenvalue weighted by atomic mass is 16.5. The average Bonchev–Trinajstić information content (AvgIpc) is 3.18. The number of nitrogens with zero attached hydrogens (tertiary/aromatic N) is 3. The molecule has 1 saturated heterocycles. The maximum absolute atomic E-state index is 12.2. The molecule has 3 rings (SSSR count). The van der Waals surface area contributed by atoms with Gasteiger partial charge in [-0.15, -0.1) is 0 Å². The quantitative estimate of drug-likeness (QED) is 0.674. The second kappa shape index (κ2) is 10.2. The standard InChI is InChI=1S/C21H29N5O4/c1-4-29-20(27)19-8-10-26(24-19)18-7-5-6-17(12-18)23-21(28)22-9-11-25-13-15(2)30-16(3)14-25/h5-8,10,12,15-16H,4,9,11,13-14H2,1-3H3,(H2,22,23,28). The normalized spacial score (nSPS) is 19.3. The summed E-state index contributed by atoms with van der Waals surface area (Å²) in [5.41, 5.74) is 1.59. The first kappa shape index (κ1) is 21.8. The molecule has 1 fully saturated rings. The number of carbonyl (C=O) groups is 2. The van der Waals surface area contributed by atoms with Crippen LogP contribution in [0, 0.1) is 0 Å². The highest BCUT2D eigenvalue weighted by Gasteiger charge is 2.21. The van der Waals surface area contributed by atoms with Crippen molar-refractivity contribution in [2.24, 2.45) is 0 Å². The Labute approximate surface area is 176 Å². The number of ether oxygens (including phenoxy) is 2. The van der Waals surface area contributed by atoms with Gasteiger partial charge in [0.15, 0.2) is 5.69 Å². The highest BCUT2D eigenvalue weighted by Crippen LogP contribution is 2.15. The lowest BCUT2D eigenvalue weighted by molar-refractivity contribution is -0.0672. The van der Waals surface area contributed by atoms with Gasteiger partial charge in [0.2, 0.25) is 0 Å². The molecule has 2 N–H and O–H groups in total. The lowest BCUT2D eigenvalue weighted by Crippen LogP contribution is -2.48. The summed E-state index contributed by atoms with van der Waals surface area (Å²) in [4.78, 5) is 26.3. The molecule has 30 heavy (non-hydrogen) atoms. The minimum atomic E-state index is -0.464. The van der Waals surface area contributed by atoms with Crippen LogP contribution in [0.4, 0.5) is 10.5 Å². The summed E-state index contributed by atoms with van der Waals surface area (Å²) in [5, 5.41) is 9.95. The van der Waals surface area contributed by atoms with Gasteiger partial charge >= 0.3 is 12.0 Å². The van der Waals surface area contributed by atoms with Crippen molar-refractivity contribution in [2.45, 2.75) is 33.0 Å². The van der Waals surface area contributed by atoms with E-state index >= 15 is 0 Å². The number of carbonyl (C=O) groups excluding carboxylic acids is 2. The van der Waals surface area contributed by atoms with Gasteiger partial charge in [-0.05, 0) is 45.0 Å². The van der Waals surface area contributed by atoms with Crippen molar-refractivity contribution in [2.75, 3.05) is 38.1 Å². The lowest BCUT2D eigenvalue weighted by Gasteiger charge is -2.35. The summed E-state index contributed by atoms with van der Waals surface area (Å²) in [6.45, 7) is 9.22. The molecule has 162 valence electrons. The van der Waals surface area contributed by atoms with Crippen molar-refractivity contribution in [3.63, 3.8) is 0 Å². The van der Waals surface area contributed by atoms with Crippen LogP contribution in [0.25, 0.3) is 5.69 Å². The van der Waals surface area contributed by atoms with Gasteiger partial charge in [-0.2, -0.15) is 5.10 Å². The summed E-state index contributed by atoms with van der Waals surface area (Å²) >= 11 is 0. The third-order valence-electron chi connectivity index (χ3n) is 4.65. The van der Waals surface area contributed by atoms with Crippen LogP contribution in [0.15, 0.2) is 36.5 Å². The van der Waals surface area contributed by atoms with Gasteiger partial charge < -0.3 is 20.1 Å². The van der Waals surface area contributed by atoms with Crippen LogP contribution in [-0.4, -0.2) is 71.7 Å². The molecule has 2 atom stereocenters. The Morgan fingerprint density at radius 3 is 2.73 bits per heavy atom. The van der Waals surface area contributed by atoms with Crippen molar-refractivity contribution < 1.29 is 19.1 Å². The zero-order valence-corrected chi connectivity index (χ0v) is 17.6. The Hall–Kier alpha value is -2.91. The van der Waals surface area contributed by atoms with E-state index in [0.29, 0.717) is 18.8 Å². The molecule has 0 spiro atoms. The zero-order chi connectivity index (χ0) is 21.5. The van der Waals surface area contributed by atoms with E-state index in [1.54, 1.807) is 36.0 Å². The van der Waals surface area contributed by atoms with Gasteiger partial charge in [-0.3, -0.25) is 4.90 Å². The van der Waals surface area contributed by atoms with Gasteiger partial charge in [-0.25, -0.2) is 14.3 Å². The first-order valence-electron chi connectivity index (χ1n) is 10.2. The molecule has 9 heteroatoms. The van der Waals surface area contributed by atoms with Crippen molar-refractivity contribution in [3.8, 4) is 5.69 Å². The van der Waals surface area contributed by atoms with E-state index < -0.39 is 5.97 Å². The maximum atomic E-state index is 12.2. The highest BCUT2D eigenvalue weighted by molar-refractivity contribution is 5.89. The molecule has 1 aromatic heterocycles. The molecule has 0 aliphatic carbocycles. The molecule has 1 aromatic carbocycles. The first-order valence-corrected chi connectivity index (χ1v) is 10.2. The maximum Gasteiger partial charge on any atom is 0.358 e. The van der Waals surface area contributed by atoms with E-state index in [1.165, 1.54) is 0 Å². The molecule has 0 bridgehead atoms. The van der Waals surface area contributed by atoms with Gasteiger partial charge in [0, 0.05) is 38.1 Å². The Bertz CT molecular complexity index is 859. The van der Waals surface area contributed by atoms with Gasteiger partial charge in [0.1, 0.15) is 0 Å². The molecular weight excluding hydrogens is 386 g/mol. The Morgan fingerprint density at radius 2 is 2.00 bits per heavy atom. The van der Waals surface area contributed by atoms with Gasteiger partial charge in [0.05, 0.1) is 24.5 Å². The summed E-state index contributed by atoms with van der Waals surface area (Å²) in [7, 11) is 0. The van der Waals surface area contributed by atoms with Crippen LogP contribution in [-0.2, 0) is 9.47 Å². The summed E-state index contributed by atoms with van der Waals surface area (Å²) in [5.74, 6) is -0.464. The summed E-state index contributed by atoms with van der Waals surface area (Å²) < 4.78 is 12.2. The molecule has 9 nitrogen and oxygen atoms in total. The molecule has 2 amide bonds. The van der Waals surface area contributed by atoms with Crippen molar-refractivity contribution >= 4 is 17.7 Å². The van der Waals surface area contributed by atoms with Crippen LogP contribution >= 0.6 is 0 Å². The zero-order valence-electron chi connectivity index (χ0n) is 17.6. The van der Waals surface area contributed by atoms with Crippen molar-refractivity contribution in [1.82, 2.24) is 20.0 Å². The molecule has 2 aromatic rings. The molecule has 0 saturated carbocycles. The van der Waals surface area contributed by atoms with Crippen LogP contribution < -0.4 is 10.6 Å². The number of rotatable bonds is 7. The number of amides is 2. The summed E-state index contributed by atoms with van der Waals surface area (Å²) in [6, 6.07) is 8.56. The van der Waals surface area contributed by atoms with Gasteiger partial charge in [0.25, 0.3) is 0 Å². The van der Waals surface area contributed by atoms with E-state index in [9.17, 15) is 9.59 Å². The van der Waals surface area contributed by atoms with Crippen molar-refractivity contribution in [1.29, 1.82) is 0 Å². The smallest absolute Gasteiger partial charge is 0.358 e. The number of hydrogen-bond donors (Lipinski definition) is 2. The number of hydrogen-bond acceptors (Lipinski definition) is 6. The van der Waals surface area contributed by atoms with E-state index in [4.69, 9.17) is 9.47 Å². The molecular formula is C21H29N5O4. The van der Waals surface area contributed by atoms with E-state index in [2.05, 4.69) is 34.5 Å². The molecule has 2 unspecified atom stereocenters. The second-order valence-electron chi connectivity index (χ2n) is 7.31. The third kappa shape index (κ3) is 6.04. The minimum absolute atomic E-state index is 0.206. The van der Waals surface area contributed by atoms with Crippen LogP contribution in [0.3, 0.4) is 0 Å². The molecule has 2 heterocycles. The average molecular weight is 415 g/mol. The molecule has 0 radical (unpaired) electrons. The number of anilines is 1. The second-order valence-corrected chi connectivity index (χ2v) is 7.31. The number of morpholine rings is 1. The molecule has 1 aliphatic rings. The van der Waals surface area contributed by atoms with Crippen molar-refractivity contribution in [3.05, 3.63) is 42.2 Å². The fraction of sp³-hybridized carbons (Fsp3) is 0.476. The number of aromatic nitrogens is 2. The predicted octanol–water partition coefficient (Wildman–Crippen LogP) is 2.28. The first-order chi connectivity index (χ1) is 14.4. The topological polar surface area (TPSA) is 97.7 Å².